The van der Waals surface area contributed by atoms with Crippen LogP contribution in [-0.4, -0.2) is 37.0 Å². The SMILES string of the molecule is CCCCCCCCC(=O)N(CC)CC(=O)OC. The largest absolute Gasteiger partial charge is 0.468 e. The van der Waals surface area contributed by atoms with Gasteiger partial charge >= 0.3 is 5.97 Å². The second kappa shape index (κ2) is 11.1. The summed E-state index contributed by atoms with van der Waals surface area (Å²) >= 11 is 0. The number of hydrogen-bond donors (Lipinski definition) is 0. The van der Waals surface area contributed by atoms with Crippen LogP contribution in [0.25, 0.3) is 0 Å². The zero-order valence-electron chi connectivity index (χ0n) is 12.0. The topological polar surface area (TPSA) is 46.6 Å². The van der Waals surface area contributed by atoms with Crippen LogP contribution >= 0.6 is 0 Å². The minimum Gasteiger partial charge on any atom is -0.468 e. The van der Waals surface area contributed by atoms with Gasteiger partial charge in [0.2, 0.25) is 5.91 Å². The lowest BCUT2D eigenvalue weighted by atomic mass is 10.1. The van der Waals surface area contributed by atoms with E-state index in [4.69, 9.17) is 0 Å². The summed E-state index contributed by atoms with van der Waals surface area (Å²) in [4.78, 5) is 24.5. The molecular formula is C14H27NO3. The van der Waals surface area contributed by atoms with E-state index in [0.29, 0.717) is 13.0 Å². The molecule has 0 aliphatic rings. The van der Waals surface area contributed by atoms with E-state index in [9.17, 15) is 9.59 Å². The summed E-state index contributed by atoms with van der Waals surface area (Å²) in [5.74, 6) is -0.300. The van der Waals surface area contributed by atoms with Crippen LogP contribution in [0.5, 0.6) is 0 Å². The first-order valence-corrected chi connectivity index (χ1v) is 7.00. The fourth-order valence-electron chi connectivity index (χ4n) is 1.81. The Morgan fingerprint density at radius 3 is 2.17 bits per heavy atom. The molecule has 0 aromatic heterocycles. The van der Waals surface area contributed by atoms with Crippen LogP contribution in [0.1, 0.15) is 58.8 Å². The maximum Gasteiger partial charge on any atom is 0.325 e. The Morgan fingerprint density at radius 1 is 1.00 bits per heavy atom. The fourth-order valence-corrected chi connectivity index (χ4v) is 1.81. The van der Waals surface area contributed by atoms with Crippen molar-refractivity contribution in [2.75, 3.05) is 20.2 Å². The number of carbonyl (C=O) groups is 2. The molecule has 0 radical (unpaired) electrons. The first-order valence-electron chi connectivity index (χ1n) is 7.00. The molecule has 0 saturated carbocycles. The molecule has 0 atom stereocenters. The van der Waals surface area contributed by atoms with Gasteiger partial charge in [0, 0.05) is 13.0 Å². The van der Waals surface area contributed by atoms with Gasteiger partial charge in [-0.1, -0.05) is 39.0 Å². The highest BCUT2D eigenvalue weighted by Crippen LogP contribution is 2.08. The number of nitrogens with zero attached hydrogens (tertiary/aromatic N) is 1. The fraction of sp³-hybridized carbons (Fsp3) is 0.857. The predicted octanol–water partition coefficient (Wildman–Crippen LogP) is 2.76. The Bertz CT molecular complexity index is 241. The van der Waals surface area contributed by atoms with Gasteiger partial charge < -0.3 is 9.64 Å². The van der Waals surface area contributed by atoms with Crippen molar-refractivity contribution in [3.05, 3.63) is 0 Å². The van der Waals surface area contributed by atoms with Crippen LogP contribution < -0.4 is 0 Å². The first kappa shape index (κ1) is 16.9. The molecular weight excluding hydrogens is 230 g/mol. The monoisotopic (exact) mass is 257 g/mol. The number of carbonyl (C=O) groups excluding carboxylic acids is 2. The van der Waals surface area contributed by atoms with E-state index < -0.39 is 0 Å². The van der Waals surface area contributed by atoms with Crippen LogP contribution in [0.15, 0.2) is 0 Å². The molecule has 0 saturated heterocycles. The molecule has 0 spiro atoms. The molecule has 18 heavy (non-hydrogen) atoms. The Balaban J connectivity index is 3.73. The number of amides is 1. The average Bonchev–Trinajstić information content (AvgIpc) is 2.39. The third-order valence-electron chi connectivity index (χ3n) is 3.03. The number of hydrogen-bond acceptors (Lipinski definition) is 3. The van der Waals surface area contributed by atoms with E-state index in [1.807, 2.05) is 6.92 Å². The lowest BCUT2D eigenvalue weighted by Crippen LogP contribution is -2.35. The molecule has 0 fully saturated rings. The van der Waals surface area contributed by atoms with Gasteiger partial charge in [-0.15, -0.1) is 0 Å². The highest BCUT2D eigenvalue weighted by atomic mass is 16.5. The van der Waals surface area contributed by atoms with E-state index in [2.05, 4.69) is 11.7 Å². The van der Waals surface area contributed by atoms with Crippen molar-refractivity contribution >= 4 is 11.9 Å². The molecule has 1 amide bonds. The van der Waals surface area contributed by atoms with Crippen molar-refractivity contribution < 1.29 is 14.3 Å². The molecule has 0 unspecified atom stereocenters. The molecule has 0 N–H and O–H groups in total. The van der Waals surface area contributed by atoms with E-state index in [-0.39, 0.29) is 18.4 Å². The summed E-state index contributed by atoms with van der Waals surface area (Å²) in [5, 5.41) is 0. The van der Waals surface area contributed by atoms with E-state index in [0.717, 1.165) is 12.8 Å². The number of likely N-dealkylation sites (N-methyl/N-ethyl adjacent to an activating group) is 1. The van der Waals surface area contributed by atoms with E-state index in [1.165, 1.54) is 32.8 Å². The second-order valence-corrected chi connectivity index (χ2v) is 4.50. The Hall–Kier alpha value is -1.06. The molecule has 0 bridgehead atoms. The maximum atomic E-state index is 11.8. The Morgan fingerprint density at radius 2 is 1.61 bits per heavy atom. The zero-order valence-corrected chi connectivity index (χ0v) is 12.0. The van der Waals surface area contributed by atoms with Crippen LogP contribution in [0.4, 0.5) is 0 Å². The van der Waals surface area contributed by atoms with Crippen molar-refractivity contribution in [1.29, 1.82) is 0 Å². The minimum atomic E-state index is -0.354. The zero-order chi connectivity index (χ0) is 13.8. The van der Waals surface area contributed by atoms with Crippen LogP contribution in [0.2, 0.25) is 0 Å². The molecule has 4 heteroatoms. The van der Waals surface area contributed by atoms with Gasteiger partial charge in [-0.3, -0.25) is 9.59 Å². The van der Waals surface area contributed by atoms with Crippen LogP contribution in [0, 0.1) is 0 Å². The third-order valence-corrected chi connectivity index (χ3v) is 3.03. The molecule has 0 aliphatic heterocycles. The van der Waals surface area contributed by atoms with Crippen molar-refractivity contribution in [2.24, 2.45) is 0 Å². The summed E-state index contributed by atoms with van der Waals surface area (Å²) in [6, 6.07) is 0. The van der Waals surface area contributed by atoms with Gasteiger partial charge in [-0.25, -0.2) is 0 Å². The molecule has 0 aliphatic carbocycles. The number of esters is 1. The van der Waals surface area contributed by atoms with Crippen LogP contribution in [0.3, 0.4) is 0 Å². The molecule has 0 rings (SSSR count). The standard InChI is InChI=1S/C14H27NO3/c1-4-6-7-8-9-10-11-13(16)15(5-2)12-14(17)18-3/h4-12H2,1-3H3. The second-order valence-electron chi connectivity index (χ2n) is 4.50. The van der Waals surface area contributed by atoms with Crippen molar-refractivity contribution in [1.82, 2.24) is 4.90 Å². The predicted molar refractivity (Wildman–Crippen MR) is 72.3 cm³/mol. The lowest BCUT2D eigenvalue weighted by Gasteiger charge is -2.19. The van der Waals surface area contributed by atoms with E-state index in [1.54, 1.807) is 4.90 Å². The summed E-state index contributed by atoms with van der Waals surface area (Å²) in [5.41, 5.74) is 0. The van der Waals surface area contributed by atoms with Gasteiger partial charge in [0.15, 0.2) is 0 Å². The quantitative estimate of drug-likeness (QED) is 0.446. The summed E-state index contributed by atoms with van der Waals surface area (Å²) < 4.78 is 4.57. The molecule has 106 valence electrons. The number of unbranched alkanes of at least 4 members (excludes halogenated alkanes) is 5. The van der Waals surface area contributed by atoms with Gasteiger partial charge in [-0.05, 0) is 13.3 Å². The Labute approximate surface area is 111 Å². The highest BCUT2D eigenvalue weighted by Gasteiger charge is 2.14. The summed E-state index contributed by atoms with van der Waals surface area (Å²) in [6.07, 6.45) is 7.52. The summed E-state index contributed by atoms with van der Waals surface area (Å²) in [6.45, 7) is 4.70. The minimum absolute atomic E-state index is 0.0541. The number of rotatable bonds is 10. The average molecular weight is 257 g/mol. The molecule has 0 heterocycles. The molecule has 0 aromatic carbocycles. The van der Waals surface area contributed by atoms with Gasteiger partial charge in [0.1, 0.15) is 6.54 Å². The summed E-state index contributed by atoms with van der Waals surface area (Å²) in [7, 11) is 1.34. The number of methoxy groups -OCH3 is 1. The van der Waals surface area contributed by atoms with Gasteiger partial charge in [-0.2, -0.15) is 0 Å². The molecule has 4 nitrogen and oxygen atoms in total. The highest BCUT2D eigenvalue weighted by molar-refractivity contribution is 5.81. The number of ether oxygens (including phenoxy) is 1. The Kier molecular flexibility index (Phi) is 10.4. The van der Waals surface area contributed by atoms with Gasteiger partial charge in [0.05, 0.1) is 7.11 Å². The van der Waals surface area contributed by atoms with Crippen molar-refractivity contribution in [3.63, 3.8) is 0 Å². The third kappa shape index (κ3) is 8.09. The lowest BCUT2D eigenvalue weighted by molar-refractivity contribution is -0.146. The smallest absolute Gasteiger partial charge is 0.325 e. The molecule has 0 aromatic rings. The normalized spacial score (nSPS) is 10.2. The van der Waals surface area contributed by atoms with E-state index >= 15 is 0 Å². The van der Waals surface area contributed by atoms with Crippen molar-refractivity contribution in [3.8, 4) is 0 Å². The first-order chi connectivity index (χ1) is 8.65. The maximum absolute atomic E-state index is 11.8. The van der Waals surface area contributed by atoms with Crippen LogP contribution in [-0.2, 0) is 14.3 Å². The van der Waals surface area contributed by atoms with Crippen molar-refractivity contribution in [2.45, 2.75) is 58.8 Å². The van der Waals surface area contributed by atoms with Gasteiger partial charge in [0.25, 0.3) is 0 Å².